The molecule has 2 heterocycles. The molecule has 0 N–H and O–H groups in total. The lowest BCUT2D eigenvalue weighted by Crippen LogP contribution is -2.25. The van der Waals surface area contributed by atoms with Crippen LogP contribution < -0.4 is 0 Å². The second kappa shape index (κ2) is 5.45. The lowest BCUT2D eigenvalue weighted by atomic mass is 10.1. The lowest BCUT2D eigenvalue weighted by molar-refractivity contribution is 0.0942. The molecule has 0 amide bonds. The van der Waals surface area contributed by atoms with Crippen LogP contribution in [0.5, 0.6) is 0 Å². The summed E-state index contributed by atoms with van der Waals surface area (Å²) in [4.78, 5) is 14.3. The number of hydrogen-bond donors (Lipinski definition) is 0. The summed E-state index contributed by atoms with van der Waals surface area (Å²) in [6.45, 7) is 5.12. The highest BCUT2D eigenvalue weighted by molar-refractivity contribution is 5.99. The number of likely N-dealkylation sites (N-methyl/N-ethyl adjacent to an activating group) is 1. The van der Waals surface area contributed by atoms with Crippen molar-refractivity contribution >= 4 is 5.78 Å². The zero-order valence-electron chi connectivity index (χ0n) is 11.9. The molecule has 2 aromatic heterocycles. The Hall–Kier alpha value is -1.81. The molecule has 0 unspecified atom stereocenters. The predicted molar refractivity (Wildman–Crippen MR) is 74.3 cm³/mol. The largest absolute Gasteiger partial charge is 0.472 e. The lowest BCUT2D eigenvalue weighted by Gasteiger charge is -2.14. The van der Waals surface area contributed by atoms with Crippen LogP contribution >= 0.6 is 0 Å². The Bertz CT molecular complexity index is 567. The van der Waals surface area contributed by atoms with Crippen LogP contribution in [0.3, 0.4) is 0 Å². The number of hydrogen-bond acceptors (Lipinski definition) is 3. The molecule has 0 aliphatic carbocycles. The number of rotatable bonds is 5. The fourth-order valence-corrected chi connectivity index (χ4v) is 2.22. The molecule has 2 rings (SSSR count). The highest BCUT2D eigenvalue weighted by Gasteiger charge is 2.15. The first-order chi connectivity index (χ1) is 8.99. The third-order valence-electron chi connectivity index (χ3n) is 3.52. The third kappa shape index (κ3) is 2.96. The van der Waals surface area contributed by atoms with Crippen molar-refractivity contribution in [2.24, 2.45) is 7.05 Å². The smallest absolute Gasteiger partial charge is 0.178 e. The second-order valence-electron chi connectivity index (χ2n) is 5.07. The SMILES string of the molecule is Cc1cc(C(=O)CN(C)Cc2ccoc2)c(C)n1C. The Kier molecular flexibility index (Phi) is 3.90. The molecule has 0 aliphatic heterocycles. The van der Waals surface area contributed by atoms with E-state index < -0.39 is 0 Å². The van der Waals surface area contributed by atoms with Gasteiger partial charge < -0.3 is 8.98 Å². The second-order valence-corrected chi connectivity index (χ2v) is 5.07. The molecular formula is C15H20N2O2. The Morgan fingerprint density at radius 3 is 2.68 bits per heavy atom. The standard InChI is InChI=1S/C15H20N2O2/c1-11-7-14(12(2)17(11)4)15(18)9-16(3)8-13-5-6-19-10-13/h5-7,10H,8-9H2,1-4H3. The van der Waals surface area contributed by atoms with Gasteiger partial charge in [-0.2, -0.15) is 0 Å². The minimum absolute atomic E-state index is 0.159. The maximum Gasteiger partial charge on any atom is 0.178 e. The molecule has 0 saturated carbocycles. The van der Waals surface area contributed by atoms with Crippen molar-refractivity contribution in [2.45, 2.75) is 20.4 Å². The molecule has 0 atom stereocenters. The summed E-state index contributed by atoms with van der Waals surface area (Å²) >= 11 is 0. The van der Waals surface area contributed by atoms with Crippen molar-refractivity contribution in [3.63, 3.8) is 0 Å². The maximum absolute atomic E-state index is 12.3. The van der Waals surface area contributed by atoms with E-state index >= 15 is 0 Å². The minimum Gasteiger partial charge on any atom is -0.472 e. The molecule has 2 aromatic rings. The minimum atomic E-state index is 0.159. The van der Waals surface area contributed by atoms with Crippen LogP contribution in [-0.2, 0) is 13.6 Å². The Morgan fingerprint density at radius 1 is 1.42 bits per heavy atom. The first-order valence-corrected chi connectivity index (χ1v) is 6.34. The van der Waals surface area contributed by atoms with Gasteiger partial charge in [0.05, 0.1) is 19.1 Å². The van der Waals surface area contributed by atoms with E-state index in [1.807, 2.05) is 49.5 Å². The number of nitrogens with zero attached hydrogens (tertiary/aromatic N) is 2. The van der Waals surface area contributed by atoms with Crippen LogP contribution in [0.2, 0.25) is 0 Å². The Balaban J connectivity index is 2.02. The van der Waals surface area contributed by atoms with Crippen molar-refractivity contribution < 1.29 is 9.21 Å². The van der Waals surface area contributed by atoms with Gasteiger partial charge in [0.15, 0.2) is 5.78 Å². The number of furan rings is 1. The van der Waals surface area contributed by atoms with Crippen LogP contribution in [0, 0.1) is 13.8 Å². The van der Waals surface area contributed by atoms with Gasteiger partial charge in [0, 0.05) is 36.1 Å². The predicted octanol–water partition coefficient (Wildman–Crippen LogP) is 2.55. The van der Waals surface area contributed by atoms with Crippen molar-refractivity contribution in [1.29, 1.82) is 0 Å². The molecule has 0 radical (unpaired) electrons. The van der Waals surface area contributed by atoms with Gasteiger partial charge in [-0.3, -0.25) is 9.69 Å². The summed E-state index contributed by atoms with van der Waals surface area (Å²) in [6, 6.07) is 3.88. The molecule has 0 fully saturated rings. The van der Waals surface area contributed by atoms with Gasteiger partial charge in [0.2, 0.25) is 0 Å². The summed E-state index contributed by atoms with van der Waals surface area (Å²) < 4.78 is 7.07. The summed E-state index contributed by atoms with van der Waals surface area (Å²) in [7, 11) is 3.92. The summed E-state index contributed by atoms with van der Waals surface area (Å²) in [5.74, 6) is 0.159. The van der Waals surface area contributed by atoms with Crippen molar-refractivity contribution in [2.75, 3.05) is 13.6 Å². The van der Waals surface area contributed by atoms with E-state index in [1.54, 1.807) is 12.5 Å². The molecule has 0 bridgehead atoms. The van der Waals surface area contributed by atoms with E-state index in [9.17, 15) is 4.79 Å². The third-order valence-corrected chi connectivity index (χ3v) is 3.52. The number of aryl methyl sites for hydroxylation is 1. The van der Waals surface area contributed by atoms with Gasteiger partial charge in [-0.15, -0.1) is 0 Å². The number of aromatic nitrogens is 1. The quantitative estimate of drug-likeness (QED) is 0.775. The maximum atomic E-state index is 12.3. The fraction of sp³-hybridized carbons (Fsp3) is 0.400. The Labute approximate surface area is 113 Å². The van der Waals surface area contributed by atoms with E-state index in [1.165, 1.54) is 0 Å². The van der Waals surface area contributed by atoms with Gasteiger partial charge in [-0.1, -0.05) is 0 Å². The van der Waals surface area contributed by atoms with Crippen LogP contribution in [0.1, 0.15) is 27.3 Å². The number of carbonyl (C=O) groups excluding carboxylic acids is 1. The fourth-order valence-electron chi connectivity index (χ4n) is 2.22. The molecule has 0 aromatic carbocycles. The monoisotopic (exact) mass is 260 g/mol. The summed E-state index contributed by atoms with van der Waals surface area (Å²) in [5.41, 5.74) is 4.04. The molecule has 4 heteroatoms. The van der Waals surface area contributed by atoms with Gasteiger partial charge in [0.1, 0.15) is 0 Å². The van der Waals surface area contributed by atoms with E-state index in [2.05, 4.69) is 0 Å². The highest BCUT2D eigenvalue weighted by atomic mass is 16.3. The molecule has 4 nitrogen and oxygen atoms in total. The highest BCUT2D eigenvalue weighted by Crippen LogP contribution is 2.14. The van der Waals surface area contributed by atoms with Crippen LogP contribution in [0.15, 0.2) is 29.1 Å². The van der Waals surface area contributed by atoms with Gasteiger partial charge in [-0.05, 0) is 33.0 Å². The molecule has 102 valence electrons. The Morgan fingerprint density at radius 2 is 2.16 bits per heavy atom. The average molecular weight is 260 g/mol. The average Bonchev–Trinajstić information content (AvgIpc) is 2.93. The van der Waals surface area contributed by atoms with E-state index in [0.717, 1.165) is 22.5 Å². The zero-order chi connectivity index (χ0) is 14.0. The zero-order valence-corrected chi connectivity index (χ0v) is 11.9. The summed E-state index contributed by atoms with van der Waals surface area (Å²) in [6.07, 6.45) is 3.36. The van der Waals surface area contributed by atoms with E-state index in [4.69, 9.17) is 4.42 Å². The molecule has 0 saturated heterocycles. The summed E-state index contributed by atoms with van der Waals surface area (Å²) in [5, 5.41) is 0. The van der Waals surface area contributed by atoms with Crippen molar-refractivity contribution in [3.05, 3.63) is 47.2 Å². The molecule has 0 aliphatic rings. The van der Waals surface area contributed by atoms with Crippen molar-refractivity contribution in [3.8, 4) is 0 Å². The first-order valence-electron chi connectivity index (χ1n) is 6.34. The van der Waals surface area contributed by atoms with Gasteiger partial charge in [-0.25, -0.2) is 0 Å². The number of Topliss-reactive ketones (excluding diaryl/α,β-unsaturated/α-hetero) is 1. The number of ketones is 1. The number of carbonyl (C=O) groups is 1. The van der Waals surface area contributed by atoms with Crippen LogP contribution in [-0.4, -0.2) is 28.8 Å². The molecule has 0 spiro atoms. The molecule has 19 heavy (non-hydrogen) atoms. The van der Waals surface area contributed by atoms with Gasteiger partial charge in [0.25, 0.3) is 0 Å². The van der Waals surface area contributed by atoms with Gasteiger partial charge >= 0.3 is 0 Å². The van der Waals surface area contributed by atoms with Crippen LogP contribution in [0.4, 0.5) is 0 Å². The van der Waals surface area contributed by atoms with E-state index in [-0.39, 0.29) is 5.78 Å². The van der Waals surface area contributed by atoms with Crippen LogP contribution in [0.25, 0.3) is 0 Å². The normalized spacial score (nSPS) is 11.2. The first kappa shape index (κ1) is 13.6. The topological polar surface area (TPSA) is 38.4 Å². The van der Waals surface area contributed by atoms with E-state index in [0.29, 0.717) is 13.1 Å². The van der Waals surface area contributed by atoms with Crippen molar-refractivity contribution in [1.82, 2.24) is 9.47 Å². The molecular weight excluding hydrogens is 240 g/mol.